The predicted octanol–water partition coefficient (Wildman–Crippen LogP) is 4.06. The van der Waals surface area contributed by atoms with Gasteiger partial charge in [-0.1, -0.05) is 37.1 Å². The van der Waals surface area contributed by atoms with E-state index in [1.807, 2.05) is 0 Å². The lowest BCUT2D eigenvalue weighted by atomic mass is 9.74. The van der Waals surface area contributed by atoms with Crippen LogP contribution in [0.5, 0.6) is 0 Å². The summed E-state index contributed by atoms with van der Waals surface area (Å²) in [4.78, 5) is 0. The van der Waals surface area contributed by atoms with Crippen LogP contribution in [0, 0.1) is 5.92 Å². The molecular formula is C17H25N. The molecule has 0 amide bonds. The van der Waals surface area contributed by atoms with Gasteiger partial charge in [-0.2, -0.15) is 0 Å². The molecule has 1 N–H and O–H groups in total. The van der Waals surface area contributed by atoms with Gasteiger partial charge in [-0.25, -0.2) is 0 Å². The molecule has 0 spiro atoms. The van der Waals surface area contributed by atoms with Crippen LogP contribution in [0.2, 0.25) is 0 Å². The van der Waals surface area contributed by atoms with Crippen LogP contribution >= 0.6 is 0 Å². The van der Waals surface area contributed by atoms with Gasteiger partial charge in [0.25, 0.3) is 0 Å². The van der Waals surface area contributed by atoms with E-state index < -0.39 is 0 Å². The van der Waals surface area contributed by atoms with Crippen molar-refractivity contribution in [1.82, 2.24) is 5.32 Å². The molecule has 2 aliphatic rings. The maximum Gasteiger partial charge on any atom is -0.00177 e. The van der Waals surface area contributed by atoms with E-state index in [0.717, 1.165) is 17.8 Å². The molecule has 0 saturated heterocycles. The van der Waals surface area contributed by atoms with Crippen molar-refractivity contribution in [3.8, 4) is 0 Å². The minimum Gasteiger partial charge on any atom is -0.319 e. The summed E-state index contributed by atoms with van der Waals surface area (Å²) in [6.07, 6.45) is 8.49. The summed E-state index contributed by atoms with van der Waals surface area (Å²) in [6, 6.07) is 9.28. The van der Waals surface area contributed by atoms with Crippen molar-refractivity contribution < 1.29 is 0 Å². The van der Waals surface area contributed by atoms with Gasteiger partial charge in [-0.3, -0.25) is 0 Å². The van der Waals surface area contributed by atoms with E-state index in [9.17, 15) is 0 Å². The van der Waals surface area contributed by atoms with Crippen LogP contribution in [0.3, 0.4) is 0 Å². The molecule has 1 heteroatoms. The first-order valence-electron chi connectivity index (χ1n) is 7.63. The van der Waals surface area contributed by atoms with Crippen molar-refractivity contribution in [1.29, 1.82) is 0 Å². The third-order valence-corrected chi connectivity index (χ3v) is 5.07. The molecule has 0 bridgehead atoms. The number of hydrogen-bond acceptors (Lipinski definition) is 1. The molecule has 2 atom stereocenters. The lowest BCUT2D eigenvalue weighted by molar-refractivity contribution is 0.406. The topological polar surface area (TPSA) is 12.0 Å². The third kappa shape index (κ3) is 2.21. The molecule has 98 valence electrons. The molecule has 1 nitrogen and oxygen atoms in total. The Balaban J connectivity index is 1.86. The largest absolute Gasteiger partial charge is 0.319 e. The number of benzene rings is 1. The molecule has 2 fully saturated rings. The second-order valence-corrected chi connectivity index (χ2v) is 6.11. The zero-order valence-electron chi connectivity index (χ0n) is 11.5. The molecule has 0 heterocycles. The summed E-state index contributed by atoms with van der Waals surface area (Å²) in [5.74, 6) is 2.54. The summed E-state index contributed by atoms with van der Waals surface area (Å²) in [5, 5.41) is 3.39. The Kier molecular flexibility index (Phi) is 3.69. The van der Waals surface area contributed by atoms with Crippen molar-refractivity contribution in [3.63, 3.8) is 0 Å². The Morgan fingerprint density at radius 3 is 2.39 bits per heavy atom. The highest BCUT2D eigenvalue weighted by atomic mass is 14.8. The molecule has 1 aromatic rings. The van der Waals surface area contributed by atoms with Gasteiger partial charge >= 0.3 is 0 Å². The van der Waals surface area contributed by atoms with E-state index in [-0.39, 0.29) is 0 Å². The minimum atomic E-state index is 0.814. The highest BCUT2D eigenvalue weighted by molar-refractivity contribution is 5.35. The van der Waals surface area contributed by atoms with Crippen LogP contribution in [0.15, 0.2) is 24.3 Å². The Morgan fingerprint density at radius 2 is 1.72 bits per heavy atom. The third-order valence-electron chi connectivity index (χ3n) is 5.07. The lowest BCUT2D eigenvalue weighted by Crippen LogP contribution is -2.22. The minimum absolute atomic E-state index is 0.814. The Labute approximate surface area is 111 Å². The normalized spacial score (nSPS) is 28.3. The fraction of sp³-hybridized carbons (Fsp3) is 0.647. The van der Waals surface area contributed by atoms with Gasteiger partial charge in [-0.05, 0) is 68.2 Å². The van der Waals surface area contributed by atoms with Gasteiger partial charge in [0.15, 0.2) is 0 Å². The molecule has 2 aliphatic carbocycles. The predicted molar refractivity (Wildman–Crippen MR) is 77.0 cm³/mol. The Morgan fingerprint density at radius 1 is 1.00 bits per heavy atom. The summed E-state index contributed by atoms with van der Waals surface area (Å²) < 4.78 is 0. The summed E-state index contributed by atoms with van der Waals surface area (Å²) in [6.45, 7) is 1.18. The van der Waals surface area contributed by atoms with Crippen molar-refractivity contribution >= 4 is 0 Å². The van der Waals surface area contributed by atoms with E-state index in [1.165, 1.54) is 45.1 Å². The van der Waals surface area contributed by atoms with Gasteiger partial charge in [0.1, 0.15) is 0 Å². The molecule has 2 unspecified atom stereocenters. The van der Waals surface area contributed by atoms with Gasteiger partial charge < -0.3 is 5.32 Å². The van der Waals surface area contributed by atoms with Crippen molar-refractivity contribution in [2.45, 2.75) is 50.4 Å². The zero-order chi connectivity index (χ0) is 12.4. The Bertz CT molecular complexity index is 394. The van der Waals surface area contributed by atoms with E-state index in [0.29, 0.717) is 0 Å². The molecule has 0 radical (unpaired) electrons. The molecule has 3 rings (SSSR count). The SMILES string of the molecule is CNCC1CCCC1c1ccccc1C1CCC1. The lowest BCUT2D eigenvalue weighted by Gasteiger charge is -2.31. The first-order chi connectivity index (χ1) is 8.90. The van der Waals surface area contributed by atoms with Gasteiger partial charge in [-0.15, -0.1) is 0 Å². The van der Waals surface area contributed by atoms with Gasteiger partial charge in [0.05, 0.1) is 0 Å². The Hall–Kier alpha value is -0.820. The average molecular weight is 243 g/mol. The molecule has 2 saturated carbocycles. The van der Waals surface area contributed by atoms with Crippen LogP contribution in [-0.2, 0) is 0 Å². The average Bonchev–Trinajstić information content (AvgIpc) is 2.76. The van der Waals surface area contributed by atoms with Crippen molar-refractivity contribution in [2.75, 3.05) is 13.6 Å². The first kappa shape index (κ1) is 12.2. The zero-order valence-corrected chi connectivity index (χ0v) is 11.5. The maximum atomic E-state index is 3.39. The van der Waals surface area contributed by atoms with E-state index in [1.54, 1.807) is 11.1 Å². The van der Waals surface area contributed by atoms with Crippen molar-refractivity contribution in [2.24, 2.45) is 5.92 Å². The van der Waals surface area contributed by atoms with E-state index >= 15 is 0 Å². The van der Waals surface area contributed by atoms with E-state index in [4.69, 9.17) is 0 Å². The highest BCUT2D eigenvalue weighted by Gasteiger charge is 2.31. The first-order valence-corrected chi connectivity index (χ1v) is 7.63. The molecule has 18 heavy (non-hydrogen) atoms. The molecule has 0 aromatic heterocycles. The van der Waals surface area contributed by atoms with Crippen molar-refractivity contribution in [3.05, 3.63) is 35.4 Å². The van der Waals surface area contributed by atoms with Gasteiger partial charge in [0.2, 0.25) is 0 Å². The van der Waals surface area contributed by atoms with Crippen LogP contribution in [0.4, 0.5) is 0 Å². The number of nitrogens with one attached hydrogen (secondary N) is 1. The van der Waals surface area contributed by atoms with Crippen LogP contribution in [0.1, 0.15) is 61.5 Å². The summed E-state index contributed by atoms with van der Waals surface area (Å²) in [7, 11) is 2.09. The fourth-order valence-electron chi connectivity index (χ4n) is 3.89. The highest BCUT2D eigenvalue weighted by Crippen LogP contribution is 2.45. The summed E-state index contributed by atoms with van der Waals surface area (Å²) in [5.41, 5.74) is 3.36. The smallest absolute Gasteiger partial charge is 0.00177 e. The fourth-order valence-corrected chi connectivity index (χ4v) is 3.89. The quantitative estimate of drug-likeness (QED) is 0.841. The molecular weight excluding hydrogens is 218 g/mol. The summed E-state index contributed by atoms with van der Waals surface area (Å²) >= 11 is 0. The molecule has 0 aliphatic heterocycles. The van der Waals surface area contributed by atoms with E-state index in [2.05, 4.69) is 36.6 Å². The second kappa shape index (κ2) is 5.44. The molecule has 1 aromatic carbocycles. The maximum absolute atomic E-state index is 3.39. The van der Waals surface area contributed by atoms with Crippen LogP contribution < -0.4 is 5.32 Å². The monoisotopic (exact) mass is 243 g/mol. The second-order valence-electron chi connectivity index (χ2n) is 6.11. The van der Waals surface area contributed by atoms with Crippen LogP contribution in [-0.4, -0.2) is 13.6 Å². The number of rotatable bonds is 4. The van der Waals surface area contributed by atoms with Gasteiger partial charge in [0, 0.05) is 0 Å². The van der Waals surface area contributed by atoms with Crippen LogP contribution in [0.25, 0.3) is 0 Å². The standard InChI is InChI=1S/C17H25N/c1-18-12-14-8-5-11-16(14)17-10-3-2-9-15(17)13-6-4-7-13/h2-3,9-10,13-14,16,18H,4-8,11-12H2,1H3. The number of hydrogen-bond donors (Lipinski definition) is 1.